The predicted molar refractivity (Wildman–Crippen MR) is 528 cm³/mol. The first-order chi connectivity index (χ1) is 70.2. The molecule has 1 spiro atoms. The molecular weight excluding hydrogens is 1940 g/mol. The summed E-state index contributed by atoms with van der Waals surface area (Å²) in [6.07, 6.45) is 0. The zero-order valence-electron chi connectivity index (χ0n) is 78.5. The van der Waals surface area contributed by atoms with Crippen LogP contribution in [0.5, 0.6) is 34.5 Å². The summed E-state index contributed by atoms with van der Waals surface area (Å²) in [5.41, 5.74) is 5.60. The maximum atomic E-state index is 14.8. The van der Waals surface area contributed by atoms with Crippen LogP contribution < -0.4 is 25.1 Å². The molecule has 10 heterocycles. The lowest BCUT2D eigenvalue weighted by Gasteiger charge is -2.52. The number of carbonyl (C=O) groups excluding carboxylic acids is 3. The van der Waals surface area contributed by atoms with Crippen molar-refractivity contribution in [1.29, 1.82) is 0 Å². The van der Waals surface area contributed by atoms with Crippen molar-refractivity contribution < 1.29 is 136 Å². The number of hydrogen-bond donors (Lipinski definition) is 7. The van der Waals surface area contributed by atoms with Gasteiger partial charge in [0.05, 0.1) is 26.7 Å². The smallest absolute Gasteiger partial charge is 0.340 e. The van der Waals surface area contributed by atoms with Gasteiger partial charge >= 0.3 is 29.8 Å². The van der Waals surface area contributed by atoms with E-state index in [4.69, 9.17) is 110 Å². The molecule has 0 amide bonds. The number of carboxylic acid groups (broad SMARTS) is 5. The van der Waals surface area contributed by atoms with Gasteiger partial charge in [0.2, 0.25) is 10.9 Å². The number of aliphatic carboxylic acids is 3. The van der Waals surface area contributed by atoms with Crippen LogP contribution in [-0.2, 0) is 97.2 Å². The maximum Gasteiger partial charge on any atom is 0.340 e. The Morgan fingerprint density at radius 2 is 0.633 bits per heavy atom. The number of fused-ring (bicyclic) bond motifs is 13. The minimum Gasteiger partial charge on any atom is -0.507 e. The first-order valence-corrected chi connectivity index (χ1v) is 46.2. The average molecular weight is 2010 g/mol. The van der Waals surface area contributed by atoms with E-state index in [1.807, 2.05) is 178 Å². The van der Waals surface area contributed by atoms with Crippen molar-refractivity contribution in [2.45, 2.75) is 94.6 Å². The summed E-state index contributed by atoms with van der Waals surface area (Å²) in [6.45, 7) is 11.7. The molecule has 1 unspecified atom stereocenters. The predicted octanol–water partition coefficient (Wildman–Crippen LogP) is 22.3. The molecule has 6 bridgehead atoms. The molecular formula is C115H79Cl2FO29. The number of rotatable bonds is 9. The summed E-state index contributed by atoms with van der Waals surface area (Å²) in [6, 6.07) is 84.0. The van der Waals surface area contributed by atoms with Crippen LogP contribution in [0.25, 0.3) is 66.8 Å². The molecule has 0 aromatic heterocycles. The summed E-state index contributed by atoms with van der Waals surface area (Å²) in [5.74, 6) is -6.97. The summed E-state index contributed by atoms with van der Waals surface area (Å²) < 4.78 is 51.2. The number of halogens is 3. The second kappa shape index (κ2) is 36.2. The SMILES string of the molecule is CC(=O)O.CC(=O)O.CC(=O)O.CC(=O)Oc1cc2c(cc1Cl)C1(OC(=O)c3ccccc31)c1cc(C34OOC(C)(c5ccccc53)c3ccccc34)c(OC(C)=O)cc1O2.CC12OOC(c3cc4c(-c5ccccc5C(=O)O)c5cc(Cl)c(=O)cc-5oc4cc3O)(c3ccccc31)c1ccccc12.CC12OOC(c3cc4c(-c5ccccc5C(=O)O)c5cc(F)c(=O)cc-5oc4cc3O)(c3ccccc31)c1ccccc12. The van der Waals surface area contributed by atoms with Crippen LogP contribution in [0.3, 0.4) is 0 Å². The normalized spacial score (nSPS) is 20.1. The standard InChI is InChI=1S/C39H25ClO9.C35H21ClO7.C35H21FO7.3C2H4O2/c1-20(41)44-32-18-33-28(16-29(32)39-26-14-8-6-12-24(26)37(3,48-49-39)25-13-7-9-15-27(25)39)38(23-11-5-4-10-22(23)36(43)47-38)30-17-31(40)35(45-21(2)42)19-34(30)46-33;2*1-34-22-10-4-6-12-24(22)35(43-42-34,25-13-7-5-11-23(25)34)26-14-20-30(16-28(26)37)41-31-17-29(38)27(36)15-21(31)32(20)18-8-2-3-9-19(18)33(39)40;3*1-2(3)4/h4-19H,1-3H3;2*2-17,37H,1H3,(H,39,40);3*1H3,(H,3,4). The molecule has 13 aromatic rings. The van der Waals surface area contributed by atoms with Crippen LogP contribution >= 0.6 is 23.2 Å². The van der Waals surface area contributed by atoms with Gasteiger partial charge in [0, 0.05) is 171 Å². The third kappa shape index (κ3) is 15.3. The molecule has 29 nitrogen and oxygen atoms in total. The molecule has 1 atom stereocenters. The van der Waals surface area contributed by atoms with Crippen LogP contribution in [0.15, 0.2) is 310 Å². The Bertz CT molecular complexity index is 8120. The fourth-order valence-electron chi connectivity index (χ4n) is 21.3. The molecule has 0 saturated heterocycles. The number of ether oxygens (including phenoxy) is 4. The Balaban J connectivity index is 0.000000127. The van der Waals surface area contributed by atoms with E-state index < -0.39 is 104 Å². The van der Waals surface area contributed by atoms with Gasteiger partial charge in [-0.05, 0) is 120 Å². The lowest BCUT2D eigenvalue weighted by molar-refractivity contribution is -0.415. The van der Waals surface area contributed by atoms with Crippen LogP contribution in [-0.4, -0.2) is 83.5 Å². The number of benzene rings is 15. The lowest BCUT2D eigenvalue weighted by Crippen LogP contribution is -2.52. The third-order valence-corrected chi connectivity index (χ3v) is 27.7. The molecule has 734 valence electrons. The minimum absolute atomic E-state index is 0.0305. The number of carboxylic acids is 5. The Hall–Kier alpha value is -17.3. The highest BCUT2D eigenvalue weighted by Gasteiger charge is 2.64. The van der Waals surface area contributed by atoms with E-state index in [-0.39, 0.29) is 89.5 Å². The van der Waals surface area contributed by atoms with Gasteiger partial charge in [-0.15, -0.1) is 0 Å². The lowest BCUT2D eigenvalue weighted by atomic mass is 9.64. The van der Waals surface area contributed by atoms with Crippen LogP contribution in [0.1, 0.15) is 187 Å². The Labute approximate surface area is 841 Å². The summed E-state index contributed by atoms with van der Waals surface area (Å²) >= 11 is 13.0. The molecule has 32 heteroatoms. The van der Waals surface area contributed by atoms with Gasteiger partial charge in [-0.1, -0.05) is 223 Å². The fourth-order valence-corrected chi connectivity index (χ4v) is 21.7. The molecule has 0 radical (unpaired) electrons. The molecule has 7 N–H and O–H groups in total. The zero-order valence-corrected chi connectivity index (χ0v) is 80.0. The molecule has 10 aliphatic heterocycles. The highest BCUT2D eigenvalue weighted by atomic mass is 35.5. The van der Waals surface area contributed by atoms with Crippen molar-refractivity contribution in [2.24, 2.45) is 0 Å². The van der Waals surface area contributed by atoms with E-state index >= 15 is 0 Å². The van der Waals surface area contributed by atoms with Crippen molar-refractivity contribution in [1.82, 2.24) is 0 Å². The molecule has 0 fully saturated rings. The van der Waals surface area contributed by atoms with E-state index in [1.54, 1.807) is 78.9 Å². The van der Waals surface area contributed by atoms with E-state index in [1.165, 1.54) is 56.3 Å². The van der Waals surface area contributed by atoms with E-state index in [2.05, 4.69) is 0 Å². The zero-order chi connectivity index (χ0) is 104. The Kier molecular flexibility index (Phi) is 23.9. The van der Waals surface area contributed by atoms with Crippen molar-refractivity contribution in [3.8, 4) is 79.4 Å². The van der Waals surface area contributed by atoms with Gasteiger partial charge < -0.3 is 63.5 Å². The number of hydrogen-bond acceptors (Lipinski definition) is 24. The molecule has 5 aliphatic carbocycles. The van der Waals surface area contributed by atoms with Crippen molar-refractivity contribution in [2.75, 3.05) is 0 Å². The van der Waals surface area contributed by atoms with Crippen LogP contribution in [0, 0.1) is 5.82 Å². The maximum absolute atomic E-state index is 14.8. The number of phenolic OH excluding ortho intramolecular Hbond substituents is 2. The summed E-state index contributed by atoms with van der Waals surface area (Å²) in [7, 11) is 0. The average Bonchev–Trinajstić information content (AvgIpc) is 0.891. The third-order valence-electron chi connectivity index (χ3n) is 27.1. The van der Waals surface area contributed by atoms with Crippen LogP contribution in [0.4, 0.5) is 4.39 Å². The number of phenols is 2. The fraction of sp³-hybridized carbons (Fsp3) is 0.130. The van der Waals surface area contributed by atoms with Gasteiger partial charge in [-0.2, -0.15) is 0 Å². The molecule has 147 heavy (non-hydrogen) atoms. The summed E-state index contributed by atoms with van der Waals surface area (Å²) in [4.78, 5) is 152. The Morgan fingerprint density at radius 3 is 1.01 bits per heavy atom. The number of aromatic carboxylic acids is 2. The van der Waals surface area contributed by atoms with Crippen molar-refractivity contribution >= 4 is 92.9 Å². The van der Waals surface area contributed by atoms with Gasteiger partial charge in [0.25, 0.3) is 17.9 Å². The van der Waals surface area contributed by atoms with E-state index in [0.717, 1.165) is 99.7 Å². The second-order valence-corrected chi connectivity index (χ2v) is 36.8. The largest absolute Gasteiger partial charge is 0.507 e. The molecule has 15 aliphatic rings. The first kappa shape index (κ1) is 97.1. The summed E-state index contributed by atoms with van der Waals surface area (Å²) in [5, 5.41) is 66.7. The van der Waals surface area contributed by atoms with E-state index in [0.29, 0.717) is 72.0 Å². The highest BCUT2D eigenvalue weighted by molar-refractivity contribution is 6.32. The quantitative estimate of drug-likeness (QED) is 0.0305. The Morgan fingerprint density at radius 1 is 0.313 bits per heavy atom. The van der Waals surface area contributed by atoms with Crippen molar-refractivity contribution in [3.63, 3.8) is 0 Å². The van der Waals surface area contributed by atoms with Gasteiger partial charge in [0.15, 0.2) is 50.8 Å². The van der Waals surface area contributed by atoms with Gasteiger partial charge in [-0.3, -0.25) is 33.6 Å². The minimum atomic E-state index is -1.58. The van der Waals surface area contributed by atoms with Gasteiger partial charge in [-0.25, -0.2) is 48.1 Å². The molecule has 28 rings (SSSR count). The highest BCUT2D eigenvalue weighted by Crippen LogP contribution is 2.67. The second-order valence-electron chi connectivity index (χ2n) is 35.9. The van der Waals surface area contributed by atoms with E-state index in [9.17, 15) is 58.4 Å². The topological polar surface area (TPSA) is 431 Å². The van der Waals surface area contributed by atoms with Crippen LogP contribution in [0.2, 0.25) is 10.0 Å². The molecule has 0 saturated carbocycles. The first-order valence-electron chi connectivity index (χ1n) is 45.5. The number of esters is 3. The number of aromatic hydroxyl groups is 2. The number of carbonyl (C=O) groups is 8. The van der Waals surface area contributed by atoms with Gasteiger partial charge in [0.1, 0.15) is 51.4 Å². The monoisotopic (exact) mass is 2010 g/mol. The van der Waals surface area contributed by atoms with Crippen molar-refractivity contribution in [3.05, 3.63) is 444 Å². The molecule has 13 aromatic carbocycles.